The van der Waals surface area contributed by atoms with Gasteiger partial charge < -0.3 is 16.2 Å². The Morgan fingerprint density at radius 1 is 1.47 bits per heavy atom. The maximum Gasteiger partial charge on any atom is 0.0446 e. The van der Waals surface area contributed by atoms with Crippen molar-refractivity contribution in [3.05, 3.63) is 34.3 Å². The fourth-order valence-electron chi connectivity index (χ4n) is 1.85. The van der Waals surface area contributed by atoms with Gasteiger partial charge in [0.15, 0.2) is 0 Å². The van der Waals surface area contributed by atoms with E-state index in [-0.39, 0.29) is 12.6 Å². The third-order valence-electron chi connectivity index (χ3n) is 2.77. The molecule has 0 aliphatic heterocycles. The Labute approximate surface area is 112 Å². The predicted molar refractivity (Wildman–Crippen MR) is 74.9 cm³/mol. The Kier molecular flexibility index (Phi) is 6.73. The van der Waals surface area contributed by atoms with Crippen molar-refractivity contribution in [2.45, 2.75) is 31.8 Å². The summed E-state index contributed by atoms with van der Waals surface area (Å²) in [7, 11) is 0. The predicted octanol–water partition coefficient (Wildman–Crippen LogP) is 2.20. The summed E-state index contributed by atoms with van der Waals surface area (Å²) in [4.78, 5) is 0. The summed E-state index contributed by atoms with van der Waals surface area (Å²) < 4.78 is 1.07. The molecular weight excluding hydrogens is 280 g/mol. The molecule has 4 heteroatoms. The molecule has 0 saturated carbocycles. The maximum atomic E-state index is 8.80. The van der Waals surface area contributed by atoms with Crippen LogP contribution in [0.1, 0.15) is 31.4 Å². The molecule has 0 aromatic heterocycles. The molecule has 2 atom stereocenters. The van der Waals surface area contributed by atoms with Gasteiger partial charge in [-0.3, -0.25) is 0 Å². The van der Waals surface area contributed by atoms with Crippen LogP contribution in [0.3, 0.4) is 0 Å². The van der Waals surface area contributed by atoms with Crippen LogP contribution in [-0.4, -0.2) is 24.3 Å². The van der Waals surface area contributed by atoms with E-state index in [2.05, 4.69) is 40.3 Å². The molecule has 3 nitrogen and oxygen atoms in total. The van der Waals surface area contributed by atoms with Crippen LogP contribution < -0.4 is 11.1 Å². The Balaban J connectivity index is 2.59. The van der Waals surface area contributed by atoms with Crippen molar-refractivity contribution in [3.63, 3.8) is 0 Å². The molecule has 1 aromatic carbocycles. The zero-order valence-electron chi connectivity index (χ0n) is 10.2. The number of aliphatic hydroxyl groups is 1. The van der Waals surface area contributed by atoms with E-state index in [1.54, 1.807) is 0 Å². The third-order valence-corrected chi connectivity index (χ3v) is 3.26. The molecule has 0 amide bonds. The largest absolute Gasteiger partial charge is 0.396 e. The molecule has 2 unspecified atom stereocenters. The first kappa shape index (κ1) is 14.6. The molecule has 0 spiro atoms. The first-order valence-electron chi connectivity index (χ1n) is 5.99. The van der Waals surface area contributed by atoms with Gasteiger partial charge in [0.2, 0.25) is 0 Å². The van der Waals surface area contributed by atoms with Crippen molar-refractivity contribution >= 4 is 15.9 Å². The molecule has 0 fully saturated rings. The molecule has 0 radical (unpaired) electrons. The van der Waals surface area contributed by atoms with Crippen LogP contribution in [0.4, 0.5) is 0 Å². The average Bonchev–Trinajstić information content (AvgIpc) is 2.33. The van der Waals surface area contributed by atoms with Crippen LogP contribution in [0.25, 0.3) is 0 Å². The van der Waals surface area contributed by atoms with Gasteiger partial charge in [-0.25, -0.2) is 0 Å². The standard InChI is InChI=1S/C13H21BrN2O/c1-10(4-3-7-17)16-13(9-15)11-5-2-6-12(14)8-11/h2,5-6,8,10,13,16-17H,3-4,7,9,15H2,1H3. The Bertz CT molecular complexity index is 333. The summed E-state index contributed by atoms with van der Waals surface area (Å²) in [6, 6.07) is 8.71. The summed E-state index contributed by atoms with van der Waals surface area (Å²) in [6.45, 7) is 2.94. The van der Waals surface area contributed by atoms with Crippen LogP contribution in [-0.2, 0) is 0 Å². The van der Waals surface area contributed by atoms with Gasteiger partial charge in [0, 0.05) is 29.7 Å². The number of nitrogens with one attached hydrogen (secondary N) is 1. The molecule has 17 heavy (non-hydrogen) atoms. The molecule has 0 saturated heterocycles. The summed E-state index contributed by atoms with van der Waals surface area (Å²) in [5.41, 5.74) is 7.00. The molecule has 1 rings (SSSR count). The first-order chi connectivity index (χ1) is 8.17. The van der Waals surface area contributed by atoms with Gasteiger partial charge in [0.05, 0.1) is 0 Å². The maximum absolute atomic E-state index is 8.80. The molecule has 0 bridgehead atoms. The minimum Gasteiger partial charge on any atom is -0.396 e. The molecule has 96 valence electrons. The summed E-state index contributed by atoms with van der Waals surface area (Å²) in [6.07, 6.45) is 1.78. The minimum atomic E-state index is 0.168. The Hall–Kier alpha value is -0.420. The molecule has 0 heterocycles. The second-order valence-corrected chi connectivity index (χ2v) is 5.19. The highest BCUT2D eigenvalue weighted by molar-refractivity contribution is 9.10. The van der Waals surface area contributed by atoms with E-state index in [1.165, 1.54) is 5.56 Å². The summed E-state index contributed by atoms with van der Waals surface area (Å²) >= 11 is 3.47. The first-order valence-corrected chi connectivity index (χ1v) is 6.79. The van der Waals surface area contributed by atoms with E-state index in [0.717, 1.165) is 17.3 Å². The summed E-state index contributed by atoms with van der Waals surface area (Å²) in [5.74, 6) is 0. The van der Waals surface area contributed by atoms with Gasteiger partial charge in [-0.15, -0.1) is 0 Å². The monoisotopic (exact) mass is 300 g/mol. The van der Waals surface area contributed by atoms with Gasteiger partial charge >= 0.3 is 0 Å². The lowest BCUT2D eigenvalue weighted by Crippen LogP contribution is -2.35. The SMILES string of the molecule is CC(CCCO)NC(CN)c1cccc(Br)c1. The van der Waals surface area contributed by atoms with Crippen molar-refractivity contribution < 1.29 is 5.11 Å². The second kappa shape index (κ2) is 7.82. The smallest absolute Gasteiger partial charge is 0.0446 e. The lowest BCUT2D eigenvalue weighted by molar-refractivity contribution is 0.274. The van der Waals surface area contributed by atoms with Crippen LogP contribution in [0, 0.1) is 0 Å². The number of hydrogen-bond acceptors (Lipinski definition) is 3. The molecule has 4 N–H and O–H groups in total. The number of rotatable bonds is 7. The van der Waals surface area contributed by atoms with Crippen molar-refractivity contribution in [2.24, 2.45) is 5.73 Å². The Morgan fingerprint density at radius 2 is 2.24 bits per heavy atom. The van der Waals surface area contributed by atoms with E-state index in [0.29, 0.717) is 12.6 Å². The molecule has 1 aromatic rings. The molecule has 0 aliphatic carbocycles. The average molecular weight is 301 g/mol. The quantitative estimate of drug-likeness (QED) is 0.723. The van der Waals surface area contributed by atoms with Gasteiger partial charge in [-0.2, -0.15) is 0 Å². The highest BCUT2D eigenvalue weighted by Gasteiger charge is 2.12. The van der Waals surface area contributed by atoms with Crippen molar-refractivity contribution in [1.29, 1.82) is 0 Å². The number of benzene rings is 1. The number of halogens is 1. The van der Waals surface area contributed by atoms with Crippen LogP contribution in [0.5, 0.6) is 0 Å². The zero-order valence-corrected chi connectivity index (χ0v) is 11.8. The highest BCUT2D eigenvalue weighted by Crippen LogP contribution is 2.18. The fraction of sp³-hybridized carbons (Fsp3) is 0.538. The van der Waals surface area contributed by atoms with Crippen LogP contribution in [0.15, 0.2) is 28.7 Å². The fourth-order valence-corrected chi connectivity index (χ4v) is 2.26. The highest BCUT2D eigenvalue weighted by atomic mass is 79.9. The van der Waals surface area contributed by atoms with Gasteiger partial charge in [0.25, 0.3) is 0 Å². The Morgan fingerprint density at radius 3 is 2.82 bits per heavy atom. The topological polar surface area (TPSA) is 58.3 Å². The third kappa shape index (κ3) is 5.17. The van der Waals surface area contributed by atoms with Gasteiger partial charge in [0.1, 0.15) is 0 Å². The van der Waals surface area contributed by atoms with E-state index in [4.69, 9.17) is 10.8 Å². The number of aliphatic hydroxyl groups excluding tert-OH is 1. The number of nitrogens with two attached hydrogens (primary N) is 1. The van der Waals surface area contributed by atoms with Crippen LogP contribution in [0.2, 0.25) is 0 Å². The van der Waals surface area contributed by atoms with E-state index in [1.807, 2.05) is 12.1 Å². The van der Waals surface area contributed by atoms with E-state index < -0.39 is 0 Å². The van der Waals surface area contributed by atoms with Crippen molar-refractivity contribution in [1.82, 2.24) is 5.32 Å². The van der Waals surface area contributed by atoms with Gasteiger partial charge in [-0.05, 0) is 37.5 Å². The van der Waals surface area contributed by atoms with Crippen LogP contribution >= 0.6 is 15.9 Å². The zero-order chi connectivity index (χ0) is 12.7. The van der Waals surface area contributed by atoms with Gasteiger partial charge in [-0.1, -0.05) is 28.1 Å². The van der Waals surface area contributed by atoms with E-state index in [9.17, 15) is 0 Å². The van der Waals surface area contributed by atoms with Crippen molar-refractivity contribution in [2.75, 3.05) is 13.2 Å². The lowest BCUT2D eigenvalue weighted by Gasteiger charge is -2.22. The van der Waals surface area contributed by atoms with E-state index >= 15 is 0 Å². The number of hydrogen-bond donors (Lipinski definition) is 3. The second-order valence-electron chi connectivity index (χ2n) is 4.28. The lowest BCUT2D eigenvalue weighted by atomic mass is 10.0. The molecular formula is C13H21BrN2O. The molecule has 0 aliphatic rings. The minimum absolute atomic E-state index is 0.168. The summed E-state index contributed by atoms with van der Waals surface area (Å²) in [5, 5.41) is 12.3. The normalized spacial score (nSPS) is 14.6. The van der Waals surface area contributed by atoms with Crippen molar-refractivity contribution in [3.8, 4) is 0 Å².